The predicted molar refractivity (Wildman–Crippen MR) is 55.7 cm³/mol. The molecule has 2 atom stereocenters. The maximum Gasteiger partial charge on any atom is 0.0774 e. The Morgan fingerprint density at radius 2 is 2.23 bits per heavy atom. The van der Waals surface area contributed by atoms with Gasteiger partial charge in [0.2, 0.25) is 0 Å². The van der Waals surface area contributed by atoms with Crippen LogP contribution in [0.1, 0.15) is 40.0 Å². The first-order chi connectivity index (χ1) is 6.02. The van der Waals surface area contributed by atoms with Crippen molar-refractivity contribution in [1.82, 2.24) is 5.32 Å². The molecule has 0 saturated heterocycles. The Morgan fingerprint density at radius 1 is 1.54 bits per heavy atom. The second kappa shape index (κ2) is 4.43. The van der Waals surface area contributed by atoms with Crippen molar-refractivity contribution >= 4 is 0 Å². The molecular weight excluding hydrogens is 162 g/mol. The highest BCUT2D eigenvalue weighted by atomic mass is 16.3. The van der Waals surface area contributed by atoms with Crippen molar-refractivity contribution in [3.05, 3.63) is 0 Å². The van der Waals surface area contributed by atoms with Crippen LogP contribution in [0.4, 0.5) is 0 Å². The molecular formula is C11H23NO. The number of rotatable bonds is 4. The first-order valence-electron chi connectivity index (χ1n) is 5.45. The zero-order valence-electron chi connectivity index (χ0n) is 9.14. The molecule has 0 aromatic heterocycles. The molecule has 0 bridgehead atoms. The van der Waals surface area contributed by atoms with Gasteiger partial charge in [-0.3, -0.25) is 0 Å². The molecule has 2 nitrogen and oxygen atoms in total. The fraction of sp³-hybridized carbons (Fsp3) is 1.00. The molecule has 0 aromatic carbocycles. The number of hydrogen-bond acceptors (Lipinski definition) is 2. The minimum atomic E-state index is -0.408. The third kappa shape index (κ3) is 3.65. The molecule has 0 spiro atoms. The normalized spacial score (nSPS) is 34.4. The van der Waals surface area contributed by atoms with Crippen LogP contribution in [0.25, 0.3) is 0 Å². The summed E-state index contributed by atoms with van der Waals surface area (Å²) in [5, 5.41) is 13.4. The second-order valence-electron chi connectivity index (χ2n) is 5.10. The number of hydrogen-bond donors (Lipinski definition) is 2. The summed E-state index contributed by atoms with van der Waals surface area (Å²) < 4.78 is 0. The highest BCUT2D eigenvalue weighted by Gasteiger charge is 2.34. The fourth-order valence-electron chi connectivity index (χ4n) is 2.12. The van der Waals surface area contributed by atoms with E-state index in [1.807, 2.05) is 0 Å². The topological polar surface area (TPSA) is 32.3 Å². The Bertz CT molecular complexity index is 158. The van der Waals surface area contributed by atoms with E-state index < -0.39 is 5.60 Å². The average Bonchev–Trinajstić information content (AvgIpc) is 2.30. The summed E-state index contributed by atoms with van der Waals surface area (Å²) >= 11 is 0. The van der Waals surface area contributed by atoms with Crippen LogP contribution in [0.2, 0.25) is 0 Å². The van der Waals surface area contributed by atoms with Gasteiger partial charge in [0.25, 0.3) is 0 Å². The van der Waals surface area contributed by atoms with E-state index in [2.05, 4.69) is 26.1 Å². The molecule has 2 unspecified atom stereocenters. The van der Waals surface area contributed by atoms with Crippen LogP contribution in [0.15, 0.2) is 0 Å². The third-order valence-corrected chi connectivity index (χ3v) is 2.84. The van der Waals surface area contributed by atoms with E-state index in [1.54, 1.807) is 0 Å². The maximum absolute atomic E-state index is 10.1. The van der Waals surface area contributed by atoms with Crippen molar-refractivity contribution in [1.29, 1.82) is 0 Å². The van der Waals surface area contributed by atoms with Gasteiger partial charge in [0.15, 0.2) is 0 Å². The highest BCUT2D eigenvalue weighted by molar-refractivity contribution is 4.89. The monoisotopic (exact) mass is 185 g/mol. The van der Waals surface area contributed by atoms with Crippen LogP contribution < -0.4 is 5.32 Å². The lowest BCUT2D eigenvalue weighted by molar-refractivity contribution is 0.0438. The van der Waals surface area contributed by atoms with Crippen molar-refractivity contribution in [3.63, 3.8) is 0 Å². The van der Waals surface area contributed by atoms with E-state index in [-0.39, 0.29) is 0 Å². The van der Waals surface area contributed by atoms with Gasteiger partial charge in [-0.15, -0.1) is 0 Å². The number of aliphatic hydroxyl groups is 1. The minimum absolute atomic E-state index is 0.408. The standard InChI is InChI=1S/C11H23NO/c1-9(2)7-12-8-11(13)5-4-10(3)6-11/h9-10,12-13H,4-8H2,1-3H3. The van der Waals surface area contributed by atoms with Crippen LogP contribution in [0.5, 0.6) is 0 Å². The Morgan fingerprint density at radius 3 is 2.69 bits per heavy atom. The fourth-order valence-corrected chi connectivity index (χ4v) is 2.12. The molecule has 1 aliphatic rings. The molecule has 13 heavy (non-hydrogen) atoms. The summed E-state index contributed by atoms with van der Waals surface area (Å²) in [5.74, 6) is 1.37. The van der Waals surface area contributed by atoms with Gasteiger partial charge in [-0.25, -0.2) is 0 Å². The van der Waals surface area contributed by atoms with Crippen LogP contribution in [-0.2, 0) is 0 Å². The molecule has 0 amide bonds. The Hall–Kier alpha value is -0.0800. The first-order valence-corrected chi connectivity index (χ1v) is 5.45. The van der Waals surface area contributed by atoms with Gasteiger partial charge in [0, 0.05) is 6.54 Å². The predicted octanol–water partition coefficient (Wildman–Crippen LogP) is 1.78. The molecule has 2 heteroatoms. The SMILES string of the molecule is CC(C)CNCC1(O)CCC(C)C1. The van der Waals surface area contributed by atoms with Gasteiger partial charge >= 0.3 is 0 Å². The lowest BCUT2D eigenvalue weighted by Gasteiger charge is -2.23. The van der Waals surface area contributed by atoms with Gasteiger partial charge in [-0.1, -0.05) is 20.8 Å². The lowest BCUT2D eigenvalue weighted by Crippen LogP contribution is -2.39. The summed E-state index contributed by atoms with van der Waals surface area (Å²) in [6.07, 6.45) is 3.12. The largest absolute Gasteiger partial charge is 0.389 e. The van der Waals surface area contributed by atoms with E-state index >= 15 is 0 Å². The molecule has 0 aliphatic heterocycles. The molecule has 1 aliphatic carbocycles. The molecule has 2 N–H and O–H groups in total. The summed E-state index contributed by atoms with van der Waals surface area (Å²) in [5.41, 5.74) is -0.408. The molecule has 0 aromatic rings. The summed E-state index contributed by atoms with van der Waals surface area (Å²) in [6.45, 7) is 8.38. The summed E-state index contributed by atoms with van der Waals surface area (Å²) in [7, 11) is 0. The minimum Gasteiger partial charge on any atom is -0.389 e. The van der Waals surface area contributed by atoms with Crippen LogP contribution in [0, 0.1) is 11.8 Å². The third-order valence-electron chi connectivity index (χ3n) is 2.84. The van der Waals surface area contributed by atoms with Crippen LogP contribution >= 0.6 is 0 Å². The van der Waals surface area contributed by atoms with E-state index in [1.165, 1.54) is 6.42 Å². The molecule has 1 rings (SSSR count). The van der Waals surface area contributed by atoms with Gasteiger partial charge < -0.3 is 10.4 Å². The van der Waals surface area contributed by atoms with Crippen molar-refractivity contribution < 1.29 is 5.11 Å². The Balaban J connectivity index is 2.20. The van der Waals surface area contributed by atoms with Crippen molar-refractivity contribution in [2.45, 2.75) is 45.6 Å². The molecule has 0 heterocycles. The van der Waals surface area contributed by atoms with Gasteiger partial charge in [-0.05, 0) is 37.6 Å². The summed E-state index contributed by atoms with van der Waals surface area (Å²) in [4.78, 5) is 0. The van der Waals surface area contributed by atoms with E-state index in [4.69, 9.17) is 0 Å². The van der Waals surface area contributed by atoms with Crippen LogP contribution in [0.3, 0.4) is 0 Å². The number of nitrogens with one attached hydrogen (secondary N) is 1. The van der Waals surface area contributed by atoms with Crippen molar-refractivity contribution in [2.75, 3.05) is 13.1 Å². The highest BCUT2D eigenvalue weighted by Crippen LogP contribution is 2.33. The smallest absolute Gasteiger partial charge is 0.0774 e. The zero-order valence-corrected chi connectivity index (χ0v) is 9.14. The Kier molecular flexibility index (Phi) is 3.74. The van der Waals surface area contributed by atoms with E-state index in [0.29, 0.717) is 11.8 Å². The van der Waals surface area contributed by atoms with Gasteiger partial charge in [0.05, 0.1) is 5.60 Å². The second-order valence-corrected chi connectivity index (χ2v) is 5.10. The molecule has 0 radical (unpaired) electrons. The quantitative estimate of drug-likeness (QED) is 0.700. The van der Waals surface area contributed by atoms with Gasteiger partial charge in [0.1, 0.15) is 0 Å². The maximum atomic E-state index is 10.1. The molecule has 78 valence electrons. The molecule has 1 fully saturated rings. The zero-order chi connectivity index (χ0) is 9.90. The van der Waals surface area contributed by atoms with Gasteiger partial charge in [-0.2, -0.15) is 0 Å². The van der Waals surface area contributed by atoms with E-state index in [0.717, 1.165) is 25.9 Å². The van der Waals surface area contributed by atoms with Crippen LogP contribution in [-0.4, -0.2) is 23.8 Å². The van der Waals surface area contributed by atoms with Crippen molar-refractivity contribution in [2.24, 2.45) is 11.8 Å². The first kappa shape index (κ1) is 11.0. The van der Waals surface area contributed by atoms with E-state index in [9.17, 15) is 5.11 Å². The summed E-state index contributed by atoms with van der Waals surface area (Å²) in [6, 6.07) is 0. The lowest BCUT2D eigenvalue weighted by atomic mass is 10.0. The Labute approximate surface area is 81.7 Å². The molecule has 1 saturated carbocycles. The van der Waals surface area contributed by atoms with Crippen molar-refractivity contribution in [3.8, 4) is 0 Å². The average molecular weight is 185 g/mol.